The van der Waals surface area contributed by atoms with Gasteiger partial charge in [0.05, 0.1) is 11.3 Å². The van der Waals surface area contributed by atoms with Crippen molar-refractivity contribution < 1.29 is 0 Å². The summed E-state index contributed by atoms with van der Waals surface area (Å²) in [5, 5.41) is 0. The molecule has 3 heterocycles. The molecule has 1 aromatic carbocycles. The summed E-state index contributed by atoms with van der Waals surface area (Å²) in [6.07, 6.45) is 6.35. The van der Waals surface area contributed by atoms with Crippen molar-refractivity contribution in [3.63, 3.8) is 0 Å². The fraction of sp³-hybridized carbons (Fsp3) is 0.333. The number of fused-ring (bicyclic) bond motifs is 1. The Morgan fingerprint density at radius 3 is 2.67 bits per heavy atom. The van der Waals surface area contributed by atoms with E-state index in [2.05, 4.69) is 31.8 Å². The van der Waals surface area contributed by atoms with Gasteiger partial charge < -0.3 is 4.98 Å². The smallest absolute Gasteiger partial charge is 0.255 e. The molecule has 0 fully saturated rings. The Hall–Kier alpha value is -2.86. The van der Waals surface area contributed by atoms with E-state index in [-0.39, 0.29) is 5.56 Å². The molecule has 0 unspecified atom stereocenters. The molecular weight excluding hydrogens is 338 g/mol. The lowest BCUT2D eigenvalue weighted by Gasteiger charge is -2.27. The van der Waals surface area contributed by atoms with Gasteiger partial charge in [0, 0.05) is 56.0 Å². The van der Waals surface area contributed by atoms with Gasteiger partial charge in [-0.2, -0.15) is 0 Å². The van der Waals surface area contributed by atoms with Gasteiger partial charge in [-0.3, -0.25) is 9.69 Å². The maximum absolute atomic E-state index is 12.4. The van der Waals surface area contributed by atoms with Crippen LogP contribution in [0.4, 0.5) is 0 Å². The van der Waals surface area contributed by atoms with Crippen LogP contribution in [0.2, 0.25) is 0 Å². The van der Waals surface area contributed by atoms with Crippen molar-refractivity contribution >= 4 is 0 Å². The molecule has 1 aliphatic heterocycles. The molecule has 4 rings (SSSR count). The second-order valence-electron chi connectivity index (χ2n) is 6.93. The summed E-state index contributed by atoms with van der Waals surface area (Å²) in [5.41, 5.74) is 3.81. The first-order valence-corrected chi connectivity index (χ1v) is 9.42. The predicted molar refractivity (Wildman–Crippen MR) is 104 cm³/mol. The number of aromatic nitrogens is 4. The third kappa shape index (κ3) is 3.95. The zero-order valence-electron chi connectivity index (χ0n) is 15.5. The van der Waals surface area contributed by atoms with Gasteiger partial charge in [-0.1, -0.05) is 37.3 Å². The van der Waals surface area contributed by atoms with Crippen LogP contribution in [-0.4, -0.2) is 31.4 Å². The van der Waals surface area contributed by atoms with Crippen LogP contribution in [0, 0.1) is 0 Å². The SMILES string of the molecule is CCCc1nc2c(c(=O)[nH]1)CN(Cc1cnc(-c3ccccc3)nc1)CC2. The monoisotopic (exact) mass is 361 g/mol. The minimum Gasteiger partial charge on any atom is -0.310 e. The molecule has 1 N–H and O–H groups in total. The molecule has 6 nitrogen and oxygen atoms in total. The molecule has 0 atom stereocenters. The van der Waals surface area contributed by atoms with Gasteiger partial charge in [0.2, 0.25) is 0 Å². The van der Waals surface area contributed by atoms with Gasteiger partial charge in [-0.05, 0) is 6.42 Å². The quantitative estimate of drug-likeness (QED) is 0.756. The number of benzene rings is 1. The molecule has 6 heteroatoms. The van der Waals surface area contributed by atoms with Gasteiger partial charge in [0.25, 0.3) is 5.56 Å². The van der Waals surface area contributed by atoms with Gasteiger partial charge in [0.1, 0.15) is 5.82 Å². The van der Waals surface area contributed by atoms with E-state index in [4.69, 9.17) is 0 Å². The number of hydrogen-bond donors (Lipinski definition) is 1. The van der Waals surface area contributed by atoms with E-state index in [1.807, 2.05) is 42.7 Å². The molecule has 0 saturated carbocycles. The van der Waals surface area contributed by atoms with Gasteiger partial charge in [-0.15, -0.1) is 0 Å². The summed E-state index contributed by atoms with van der Waals surface area (Å²) in [5.74, 6) is 1.53. The molecule has 2 aromatic heterocycles. The fourth-order valence-electron chi connectivity index (χ4n) is 3.45. The lowest BCUT2D eigenvalue weighted by atomic mass is 10.1. The van der Waals surface area contributed by atoms with Crippen LogP contribution >= 0.6 is 0 Å². The topological polar surface area (TPSA) is 74.8 Å². The van der Waals surface area contributed by atoms with E-state index >= 15 is 0 Å². The van der Waals surface area contributed by atoms with E-state index in [0.717, 1.165) is 66.4 Å². The predicted octanol–water partition coefficient (Wildman–Crippen LogP) is 2.74. The number of aryl methyl sites for hydroxylation is 1. The van der Waals surface area contributed by atoms with Crippen LogP contribution in [0.3, 0.4) is 0 Å². The highest BCUT2D eigenvalue weighted by Crippen LogP contribution is 2.18. The highest BCUT2D eigenvalue weighted by atomic mass is 16.1. The maximum atomic E-state index is 12.4. The Bertz CT molecular complexity index is 966. The first-order valence-electron chi connectivity index (χ1n) is 9.42. The highest BCUT2D eigenvalue weighted by molar-refractivity contribution is 5.53. The molecule has 27 heavy (non-hydrogen) atoms. The number of nitrogens with one attached hydrogen (secondary N) is 1. The van der Waals surface area contributed by atoms with Crippen molar-refractivity contribution in [2.24, 2.45) is 0 Å². The minimum atomic E-state index is 0.00354. The molecule has 0 aliphatic carbocycles. The third-order valence-corrected chi connectivity index (χ3v) is 4.83. The largest absolute Gasteiger partial charge is 0.310 e. The van der Waals surface area contributed by atoms with Crippen LogP contribution in [-0.2, 0) is 25.9 Å². The van der Waals surface area contributed by atoms with Gasteiger partial charge in [-0.25, -0.2) is 15.0 Å². The molecular formula is C21H23N5O. The molecule has 1 aliphatic rings. The van der Waals surface area contributed by atoms with Crippen LogP contribution in [0.15, 0.2) is 47.5 Å². The molecule has 0 radical (unpaired) electrons. The van der Waals surface area contributed by atoms with E-state index in [9.17, 15) is 4.79 Å². The van der Waals surface area contributed by atoms with Crippen molar-refractivity contribution in [1.29, 1.82) is 0 Å². The lowest BCUT2D eigenvalue weighted by Crippen LogP contribution is -2.35. The summed E-state index contributed by atoms with van der Waals surface area (Å²) >= 11 is 0. The summed E-state index contributed by atoms with van der Waals surface area (Å²) < 4.78 is 0. The van der Waals surface area contributed by atoms with Crippen molar-refractivity contribution in [3.8, 4) is 11.4 Å². The first-order chi connectivity index (χ1) is 13.2. The zero-order chi connectivity index (χ0) is 18.6. The average Bonchev–Trinajstić information content (AvgIpc) is 2.70. The third-order valence-electron chi connectivity index (χ3n) is 4.83. The molecule has 0 bridgehead atoms. The number of H-pyrrole nitrogens is 1. The Balaban J connectivity index is 1.46. The van der Waals surface area contributed by atoms with Crippen molar-refractivity contribution in [1.82, 2.24) is 24.8 Å². The van der Waals surface area contributed by atoms with Gasteiger partial charge >= 0.3 is 0 Å². The lowest BCUT2D eigenvalue weighted by molar-refractivity contribution is 0.241. The fourth-order valence-corrected chi connectivity index (χ4v) is 3.45. The summed E-state index contributed by atoms with van der Waals surface area (Å²) in [7, 11) is 0. The van der Waals surface area contributed by atoms with Crippen LogP contribution < -0.4 is 5.56 Å². The summed E-state index contributed by atoms with van der Waals surface area (Å²) in [6, 6.07) is 9.95. The Kier molecular flexibility index (Phi) is 5.07. The second kappa shape index (κ2) is 7.80. The van der Waals surface area contributed by atoms with E-state index in [0.29, 0.717) is 6.54 Å². The van der Waals surface area contributed by atoms with E-state index < -0.39 is 0 Å². The molecule has 138 valence electrons. The first kappa shape index (κ1) is 17.5. The number of hydrogen-bond acceptors (Lipinski definition) is 5. The standard InChI is InChI=1S/C21H23N5O/c1-2-6-19-24-18-9-10-26(14-17(18)21(27)25-19)13-15-11-22-20(23-12-15)16-7-4-3-5-8-16/h3-5,7-8,11-12H,2,6,9-10,13-14H2,1H3,(H,24,25,27). The van der Waals surface area contributed by atoms with Crippen LogP contribution in [0.25, 0.3) is 11.4 Å². The van der Waals surface area contributed by atoms with Crippen LogP contribution in [0.1, 0.15) is 36.0 Å². The second-order valence-corrected chi connectivity index (χ2v) is 6.93. The Morgan fingerprint density at radius 1 is 1.15 bits per heavy atom. The minimum absolute atomic E-state index is 0.00354. The normalized spacial score (nSPS) is 14.1. The van der Waals surface area contributed by atoms with Gasteiger partial charge in [0.15, 0.2) is 5.82 Å². The summed E-state index contributed by atoms with van der Waals surface area (Å²) in [4.78, 5) is 31.2. The molecule has 0 amide bonds. The van der Waals surface area contributed by atoms with Crippen LogP contribution in [0.5, 0.6) is 0 Å². The molecule has 0 spiro atoms. The van der Waals surface area contributed by atoms with Crippen molar-refractivity contribution in [2.75, 3.05) is 6.54 Å². The molecule has 0 saturated heterocycles. The Labute approximate surface area is 158 Å². The number of aromatic amines is 1. The van der Waals surface area contributed by atoms with E-state index in [1.54, 1.807) is 0 Å². The van der Waals surface area contributed by atoms with Crippen molar-refractivity contribution in [2.45, 2.75) is 39.3 Å². The number of rotatable bonds is 5. The molecule has 3 aromatic rings. The zero-order valence-corrected chi connectivity index (χ0v) is 15.5. The Morgan fingerprint density at radius 2 is 1.93 bits per heavy atom. The maximum Gasteiger partial charge on any atom is 0.255 e. The van der Waals surface area contributed by atoms with Crippen molar-refractivity contribution in [3.05, 3.63) is 75.7 Å². The highest BCUT2D eigenvalue weighted by Gasteiger charge is 2.21. The average molecular weight is 361 g/mol. The summed E-state index contributed by atoms with van der Waals surface area (Å²) in [6.45, 7) is 4.32. The van der Waals surface area contributed by atoms with E-state index in [1.165, 1.54) is 0 Å². The number of nitrogens with zero attached hydrogens (tertiary/aromatic N) is 4.